The fourth-order valence-corrected chi connectivity index (χ4v) is 2.59. The summed E-state index contributed by atoms with van der Waals surface area (Å²) in [7, 11) is 0. The maximum atomic E-state index is 4.65. The van der Waals surface area contributed by atoms with Crippen LogP contribution in [-0.4, -0.2) is 15.0 Å². The number of nitrogens with one attached hydrogen (secondary N) is 2. The summed E-state index contributed by atoms with van der Waals surface area (Å²) in [6.45, 7) is 2.13. The monoisotopic (exact) mass is 283 g/mol. The minimum absolute atomic E-state index is 0. The third kappa shape index (κ3) is 1.79. The van der Waals surface area contributed by atoms with Gasteiger partial charge in [0.2, 0.25) is 0 Å². The molecule has 20 heavy (non-hydrogen) atoms. The lowest BCUT2D eigenvalue weighted by Gasteiger charge is -1.93. The number of nitrogens with zero attached hydrogens (tertiary/aromatic N) is 1. The molecule has 2 heterocycles. The first-order valence-corrected chi connectivity index (χ1v) is 6.35. The van der Waals surface area contributed by atoms with Gasteiger partial charge in [0.15, 0.2) is 5.82 Å². The minimum atomic E-state index is 0. The summed E-state index contributed by atoms with van der Waals surface area (Å²) >= 11 is 0. The molecule has 4 heteroatoms. The summed E-state index contributed by atoms with van der Waals surface area (Å²) in [5.74, 6) is 0.898. The molecule has 3 nitrogen and oxygen atoms in total. The zero-order valence-electron chi connectivity index (χ0n) is 11.0. The van der Waals surface area contributed by atoms with E-state index < -0.39 is 0 Å². The van der Waals surface area contributed by atoms with Crippen LogP contribution in [0.4, 0.5) is 0 Å². The molecule has 0 aliphatic carbocycles. The number of benzene rings is 2. The highest BCUT2D eigenvalue weighted by atomic mass is 35.5. The average molecular weight is 284 g/mol. The first-order chi connectivity index (χ1) is 9.33. The molecule has 0 unspecified atom stereocenters. The summed E-state index contributed by atoms with van der Waals surface area (Å²) in [5.41, 5.74) is 5.51. The molecule has 0 aliphatic rings. The predicted octanol–water partition coefficient (Wildman–Crippen LogP) is 4.44. The molecule has 0 bridgehead atoms. The van der Waals surface area contributed by atoms with Gasteiger partial charge in [-0.2, -0.15) is 0 Å². The van der Waals surface area contributed by atoms with E-state index >= 15 is 0 Å². The summed E-state index contributed by atoms with van der Waals surface area (Å²) in [6.07, 6.45) is 0. The standard InChI is InChI=1S/C16H13N3.ClH/c1-10-11-6-2-3-7-12(11)17-15(10)16-18-13-8-4-5-9-14(13)19-16;/h2-9,17H,1H3,(H,18,19);1H. The Labute approximate surface area is 122 Å². The number of hydrogen-bond acceptors (Lipinski definition) is 1. The van der Waals surface area contributed by atoms with Crippen molar-refractivity contribution in [1.82, 2.24) is 15.0 Å². The van der Waals surface area contributed by atoms with E-state index in [9.17, 15) is 0 Å². The SMILES string of the molecule is Cc1c(-c2nc3ccccc3[nH]2)[nH]c2ccccc12.Cl. The largest absolute Gasteiger partial charge is 0.352 e. The van der Waals surface area contributed by atoms with E-state index in [-0.39, 0.29) is 12.4 Å². The highest BCUT2D eigenvalue weighted by molar-refractivity contribution is 5.90. The average Bonchev–Trinajstić information content (AvgIpc) is 3.00. The second-order valence-corrected chi connectivity index (χ2v) is 4.77. The summed E-state index contributed by atoms with van der Waals surface area (Å²) < 4.78 is 0. The van der Waals surface area contributed by atoms with Crippen molar-refractivity contribution in [1.29, 1.82) is 0 Å². The maximum Gasteiger partial charge on any atom is 0.155 e. The van der Waals surface area contributed by atoms with Crippen molar-refractivity contribution in [2.45, 2.75) is 6.92 Å². The molecule has 4 rings (SSSR count). The van der Waals surface area contributed by atoms with Gasteiger partial charge in [0.25, 0.3) is 0 Å². The number of para-hydroxylation sites is 3. The van der Waals surface area contributed by atoms with Crippen molar-refractivity contribution in [3.63, 3.8) is 0 Å². The van der Waals surface area contributed by atoms with Crippen molar-refractivity contribution < 1.29 is 0 Å². The van der Waals surface area contributed by atoms with Crippen LogP contribution in [0.5, 0.6) is 0 Å². The van der Waals surface area contributed by atoms with Gasteiger partial charge in [-0.1, -0.05) is 30.3 Å². The van der Waals surface area contributed by atoms with Gasteiger partial charge in [0.05, 0.1) is 16.7 Å². The van der Waals surface area contributed by atoms with Crippen molar-refractivity contribution >= 4 is 34.3 Å². The first kappa shape index (κ1) is 12.8. The minimum Gasteiger partial charge on any atom is -0.352 e. The number of imidazole rings is 1. The number of aromatic nitrogens is 3. The van der Waals surface area contributed by atoms with Crippen molar-refractivity contribution in [3.8, 4) is 11.5 Å². The molecule has 0 saturated carbocycles. The van der Waals surface area contributed by atoms with Crippen molar-refractivity contribution in [2.75, 3.05) is 0 Å². The molecule has 0 radical (unpaired) electrons. The highest BCUT2D eigenvalue weighted by Crippen LogP contribution is 2.28. The Morgan fingerprint density at radius 3 is 2.30 bits per heavy atom. The number of rotatable bonds is 1. The molecule has 4 aromatic rings. The second-order valence-electron chi connectivity index (χ2n) is 4.77. The lowest BCUT2D eigenvalue weighted by Crippen LogP contribution is -1.82. The highest BCUT2D eigenvalue weighted by Gasteiger charge is 2.12. The van der Waals surface area contributed by atoms with E-state index in [1.54, 1.807) is 0 Å². The molecule has 2 aromatic heterocycles. The summed E-state index contributed by atoms with van der Waals surface area (Å²) in [4.78, 5) is 11.5. The van der Waals surface area contributed by atoms with Crippen LogP contribution >= 0.6 is 12.4 Å². The third-order valence-corrected chi connectivity index (χ3v) is 3.59. The molecular formula is C16H14ClN3. The first-order valence-electron chi connectivity index (χ1n) is 6.35. The van der Waals surface area contributed by atoms with E-state index in [4.69, 9.17) is 0 Å². The van der Waals surface area contributed by atoms with Crippen LogP contribution in [-0.2, 0) is 0 Å². The number of aryl methyl sites for hydroxylation is 1. The van der Waals surface area contributed by atoms with E-state index in [1.807, 2.05) is 30.3 Å². The number of fused-ring (bicyclic) bond motifs is 2. The lowest BCUT2D eigenvalue weighted by molar-refractivity contribution is 1.27. The second kappa shape index (κ2) is 4.69. The Morgan fingerprint density at radius 2 is 1.55 bits per heavy atom. The fourth-order valence-electron chi connectivity index (χ4n) is 2.59. The zero-order chi connectivity index (χ0) is 12.8. The van der Waals surface area contributed by atoms with Gasteiger partial charge in [0.1, 0.15) is 0 Å². The molecule has 0 atom stereocenters. The molecule has 0 spiro atoms. The predicted molar refractivity (Wildman–Crippen MR) is 85.4 cm³/mol. The van der Waals surface area contributed by atoms with Gasteiger partial charge in [0, 0.05) is 10.9 Å². The van der Waals surface area contributed by atoms with E-state index in [0.717, 1.165) is 28.1 Å². The number of H-pyrrole nitrogens is 2. The topological polar surface area (TPSA) is 44.5 Å². The van der Waals surface area contributed by atoms with Gasteiger partial charge < -0.3 is 9.97 Å². The third-order valence-electron chi connectivity index (χ3n) is 3.59. The number of halogens is 1. The van der Waals surface area contributed by atoms with Crippen LogP contribution < -0.4 is 0 Å². The number of aromatic amines is 2. The quantitative estimate of drug-likeness (QED) is 0.533. The Morgan fingerprint density at radius 1 is 0.850 bits per heavy atom. The molecule has 0 fully saturated rings. The van der Waals surface area contributed by atoms with Gasteiger partial charge in [-0.15, -0.1) is 12.4 Å². The van der Waals surface area contributed by atoms with Gasteiger partial charge >= 0.3 is 0 Å². The van der Waals surface area contributed by atoms with E-state index in [0.29, 0.717) is 0 Å². The van der Waals surface area contributed by atoms with Crippen LogP contribution in [0.15, 0.2) is 48.5 Å². The summed E-state index contributed by atoms with van der Waals surface area (Å²) in [6, 6.07) is 16.4. The van der Waals surface area contributed by atoms with Crippen LogP contribution in [0.25, 0.3) is 33.5 Å². The van der Waals surface area contributed by atoms with E-state index in [1.165, 1.54) is 10.9 Å². The van der Waals surface area contributed by atoms with Crippen LogP contribution in [0.3, 0.4) is 0 Å². The molecule has 100 valence electrons. The Hall–Kier alpha value is -2.26. The van der Waals surface area contributed by atoms with Crippen LogP contribution in [0, 0.1) is 6.92 Å². The van der Waals surface area contributed by atoms with Gasteiger partial charge in [-0.25, -0.2) is 4.98 Å². The lowest BCUT2D eigenvalue weighted by atomic mass is 10.1. The number of hydrogen-bond donors (Lipinski definition) is 2. The molecule has 2 N–H and O–H groups in total. The maximum absolute atomic E-state index is 4.65. The Balaban J connectivity index is 0.00000121. The smallest absolute Gasteiger partial charge is 0.155 e. The molecule has 2 aromatic carbocycles. The fraction of sp³-hybridized carbons (Fsp3) is 0.0625. The summed E-state index contributed by atoms with van der Waals surface area (Å²) in [5, 5.41) is 1.25. The Kier molecular flexibility index (Phi) is 2.99. The van der Waals surface area contributed by atoms with Crippen molar-refractivity contribution in [2.24, 2.45) is 0 Å². The van der Waals surface area contributed by atoms with Gasteiger partial charge in [-0.3, -0.25) is 0 Å². The van der Waals surface area contributed by atoms with Crippen molar-refractivity contribution in [3.05, 3.63) is 54.1 Å². The molecular weight excluding hydrogens is 270 g/mol. The van der Waals surface area contributed by atoms with Crippen LogP contribution in [0.2, 0.25) is 0 Å². The molecule has 0 amide bonds. The Bertz CT molecular complexity index is 856. The van der Waals surface area contributed by atoms with Crippen LogP contribution in [0.1, 0.15) is 5.56 Å². The normalized spacial score (nSPS) is 10.8. The van der Waals surface area contributed by atoms with Gasteiger partial charge in [-0.05, 0) is 30.7 Å². The van der Waals surface area contributed by atoms with E-state index in [2.05, 4.69) is 40.1 Å². The molecule has 0 saturated heterocycles. The zero-order valence-corrected chi connectivity index (χ0v) is 11.8. The molecule has 0 aliphatic heterocycles.